The van der Waals surface area contributed by atoms with Crippen LogP contribution in [0.2, 0.25) is 0 Å². The summed E-state index contributed by atoms with van der Waals surface area (Å²) in [6.45, 7) is 13.7. The third kappa shape index (κ3) is 29.1. The number of rotatable bonds is 35. The SMILES string of the molecule is CCCCCCCCCCCCCCCCC(C(=O)OCC(C)C)C(CCCCCCCCCCCCCC)C(=O)OCC(C)C. The summed E-state index contributed by atoms with van der Waals surface area (Å²) < 4.78 is 11.5. The summed E-state index contributed by atoms with van der Waals surface area (Å²) in [7, 11) is 0. The van der Waals surface area contributed by atoms with Gasteiger partial charge in [0.15, 0.2) is 0 Å². The zero-order chi connectivity index (χ0) is 34.1. The maximum Gasteiger partial charge on any atom is 0.309 e. The molecule has 0 saturated heterocycles. The Hall–Kier alpha value is -1.06. The van der Waals surface area contributed by atoms with E-state index >= 15 is 0 Å². The molecular weight excluding hydrogens is 568 g/mol. The Labute approximate surface area is 288 Å². The molecule has 0 aliphatic carbocycles. The largest absolute Gasteiger partial charge is 0.465 e. The Morgan fingerprint density at radius 2 is 0.587 bits per heavy atom. The van der Waals surface area contributed by atoms with Crippen LogP contribution >= 0.6 is 0 Å². The molecule has 46 heavy (non-hydrogen) atoms. The molecule has 0 amide bonds. The van der Waals surface area contributed by atoms with E-state index in [-0.39, 0.29) is 35.6 Å². The summed E-state index contributed by atoms with van der Waals surface area (Å²) in [6, 6.07) is 0. The third-order valence-electron chi connectivity index (χ3n) is 9.45. The first-order valence-corrected chi connectivity index (χ1v) is 20.7. The fourth-order valence-electron chi connectivity index (χ4n) is 6.44. The fourth-order valence-corrected chi connectivity index (χ4v) is 6.44. The lowest BCUT2D eigenvalue weighted by molar-refractivity contribution is -0.162. The molecule has 4 heteroatoms. The highest BCUT2D eigenvalue weighted by atomic mass is 16.5. The van der Waals surface area contributed by atoms with E-state index < -0.39 is 0 Å². The molecule has 0 aliphatic heterocycles. The van der Waals surface area contributed by atoms with Crippen LogP contribution in [0.25, 0.3) is 0 Å². The molecule has 0 bridgehead atoms. The van der Waals surface area contributed by atoms with Gasteiger partial charge in [0, 0.05) is 0 Å². The standard InChI is InChI=1S/C42H82O4/c1-7-9-11-13-15-17-19-21-22-24-26-28-30-32-34-40(42(44)46-36-38(5)6)39(41(43)45-35-37(3)4)33-31-29-27-25-23-20-18-16-14-12-10-8-2/h37-40H,7-36H2,1-6H3. The van der Waals surface area contributed by atoms with Crippen molar-refractivity contribution in [3.63, 3.8) is 0 Å². The van der Waals surface area contributed by atoms with Crippen LogP contribution in [-0.2, 0) is 19.1 Å². The Kier molecular flexibility index (Phi) is 33.0. The second kappa shape index (κ2) is 33.8. The van der Waals surface area contributed by atoms with Gasteiger partial charge in [-0.25, -0.2) is 0 Å². The fraction of sp³-hybridized carbons (Fsp3) is 0.952. The van der Waals surface area contributed by atoms with Crippen LogP contribution in [0, 0.1) is 23.7 Å². The summed E-state index contributed by atoms with van der Waals surface area (Å²) in [5, 5.41) is 0. The average Bonchev–Trinajstić information content (AvgIpc) is 3.03. The van der Waals surface area contributed by atoms with Gasteiger partial charge in [-0.15, -0.1) is 0 Å². The van der Waals surface area contributed by atoms with Crippen molar-refractivity contribution in [2.75, 3.05) is 13.2 Å². The van der Waals surface area contributed by atoms with Crippen molar-refractivity contribution < 1.29 is 19.1 Å². The number of unbranched alkanes of at least 4 members (excludes halogenated alkanes) is 24. The third-order valence-corrected chi connectivity index (χ3v) is 9.45. The molecule has 0 radical (unpaired) electrons. The first-order valence-electron chi connectivity index (χ1n) is 20.7. The number of carbonyl (C=O) groups excluding carboxylic acids is 2. The molecule has 2 atom stereocenters. The number of ether oxygens (including phenoxy) is 2. The van der Waals surface area contributed by atoms with Gasteiger partial charge in [0.05, 0.1) is 25.0 Å². The van der Waals surface area contributed by atoms with Crippen molar-refractivity contribution in [3.05, 3.63) is 0 Å². The normalized spacial score (nSPS) is 13.0. The average molecular weight is 651 g/mol. The molecule has 0 rings (SSSR count). The molecule has 0 aromatic carbocycles. The van der Waals surface area contributed by atoms with E-state index in [1.165, 1.54) is 141 Å². The Morgan fingerprint density at radius 1 is 0.370 bits per heavy atom. The van der Waals surface area contributed by atoms with Crippen molar-refractivity contribution in [3.8, 4) is 0 Å². The summed E-state index contributed by atoms with van der Waals surface area (Å²) in [4.78, 5) is 26.8. The molecule has 2 unspecified atom stereocenters. The van der Waals surface area contributed by atoms with Gasteiger partial charge in [-0.1, -0.05) is 208 Å². The maximum absolute atomic E-state index is 13.4. The van der Waals surface area contributed by atoms with Crippen molar-refractivity contribution >= 4 is 11.9 Å². The quantitative estimate of drug-likeness (QED) is 0.0506. The van der Waals surface area contributed by atoms with Crippen molar-refractivity contribution in [2.45, 2.75) is 221 Å². The van der Waals surface area contributed by atoms with E-state index in [4.69, 9.17) is 9.47 Å². The predicted octanol–water partition coefficient (Wildman–Crippen LogP) is 13.6. The second-order valence-corrected chi connectivity index (χ2v) is 15.3. The number of hydrogen-bond acceptors (Lipinski definition) is 4. The smallest absolute Gasteiger partial charge is 0.309 e. The molecule has 274 valence electrons. The van der Waals surface area contributed by atoms with Crippen LogP contribution in [0.1, 0.15) is 221 Å². The van der Waals surface area contributed by atoms with E-state index in [1.54, 1.807) is 0 Å². The van der Waals surface area contributed by atoms with E-state index in [0.717, 1.165) is 38.5 Å². The van der Waals surface area contributed by atoms with Crippen LogP contribution in [0.15, 0.2) is 0 Å². The van der Waals surface area contributed by atoms with Crippen molar-refractivity contribution in [1.29, 1.82) is 0 Å². The highest BCUT2D eigenvalue weighted by Gasteiger charge is 2.35. The monoisotopic (exact) mass is 651 g/mol. The van der Waals surface area contributed by atoms with Gasteiger partial charge in [0.2, 0.25) is 0 Å². The minimum absolute atomic E-state index is 0.186. The van der Waals surface area contributed by atoms with E-state index in [0.29, 0.717) is 13.2 Å². The Bertz CT molecular complexity index is 658. The summed E-state index contributed by atoms with van der Waals surface area (Å²) in [5.74, 6) is -0.573. The first-order chi connectivity index (χ1) is 22.3. The lowest BCUT2D eigenvalue weighted by Gasteiger charge is -2.25. The van der Waals surface area contributed by atoms with Gasteiger partial charge < -0.3 is 9.47 Å². The molecule has 0 aromatic rings. The number of hydrogen-bond donors (Lipinski definition) is 0. The minimum atomic E-state index is -0.386. The molecule has 0 spiro atoms. The lowest BCUT2D eigenvalue weighted by Crippen LogP contribution is -2.34. The zero-order valence-electron chi connectivity index (χ0n) is 32.2. The lowest BCUT2D eigenvalue weighted by atomic mass is 9.83. The van der Waals surface area contributed by atoms with Crippen LogP contribution in [0.3, 0.4) is 0 Å². The van der Waals surface area contributed by atoms with Crippen LogP contribution in [0.5, 0.6) is 0 Å². The van der Waals surface area contributed by atoms with Gasteiger partial charge in [0.25, 0.3) is 0 Å². The van der Waals surface area contributed by atoms with Gasteiger partial charge in [-0.05, 0) is 24.7 Å². The molecule has 0 saturated carbocycles. The minimum Gasteiger partial charge on any atom is -0.465 e. The number of esters is 2. The van der Waals surface area contributed by atoms with Crippen molar-refractivity contribution in [1.82, 2.24) is 0 Å². The molecular formula is C42H82O4. The Balaban J connectivity index is 4.68. The number of carbonyl (C=O) groups is 2. The van der Waals surface area contributed by atoms with Gasteiger partial charge in [0.1, 0.15) is 0 Å². The second-order valence-electron chi connectivity index (χ2n) is 15.3. The highest BCUT2D eigenvalue weighted by molar-refractivity contribution is 5.82. The van der Waals surface area contributed by atoms with Gasteiger partial charge >= 0.3 is 11.9 Å². The van der Waals surface area contributed by atoms with E-state index in [9.17, 15) is 9.59 Å². The van der Waals surface area contributed by atoms with Gasteiger partial charge in [-0.2, -0.15) is 0 Å². The Morgan fingerprint density at radius 3 is 0.804 bits per heavy atom. The molecule has 0 aromatic heterocycles. The zero-order valence-corrected chi connectivity index (χ0v) is 32.2. The van der Waals surface area contributed by atoms with Crippen LogP contribution in [0.4, 0.5) is 0 Å². The molecule has 0 aliphatic rings. The van der Waals surface area contributed by atoms with E-state index in [1.807, 2.05) is 0 Å². The van der Waals surface area contributed by atoms with Crippen molar-refractivity contribution in [2.24, 2.45) is 23.7 Å². The molecule has 0 N–H and O–H groups in total. The summed E-state index contributed by atoms with van der Waals surface area (Å²) in [5.41, 5.74) is 0. The van der Waals surface area contributed by atoms with Crippen LogP contribution < -0.4 is 0 Å². The van der Waals surface area contributed by atoms with Crippen LogP contribution in [-0.4, -0.2) is 25.2 Å². The summed E-state index contributed by atoms with van der Waals surface area (Å²) >= 11 is 0. The topological polar surface area (TPSA) is 52.6 Å². The summed E-state index contributed by atoms with van der Waals surface area (Å²) in [6.07, 6.45) is 35.3. The first kappa shape index (κ1) is 44.9. The molecule has 0 heterocycles. The molecule has 4 nitrogen and oxygen atoms in total. The van der Waals surface area contributed by atoms with E-state index in [2.05, 4.69) is 41.5 Å². The predicted molar refractivity (Wildman–Crippen MR) is 199 cm³/mol. The molecule has 0 fully saturated rings. The maximum atomic E-state index is 13.4. The van der Waals surface area contributed by atoms with Gasteiger partial charge in [-0.3, -0.25) is 9.59 Å². The highest BCUT2D eigenvalue weighted by Crippen LogP contribution is 2.29.